The fraction of sp³-hybridized carbons (Fsp3) is 0.833. The Bertz CT molecular complexity index is 192. The van der Waals surface area contributed by atoms with Gasteiger partial charge in [0, 0.05) is 13.8 Å². The summed E-state index contributed by atoms with van der Waals surface area (Å²) in [7, 11) is -1.41. The molecule has 0 amide bonds. The van der Waals surface area contributed by atoms with Crippen LogP contribution in [0.2, 0.25) is 0 Å². The fourth-order valence-corrected chi connectivity index (χ4v) is 1.49. The van der Waals surface area contributed by atoms with E-state index in [1.807, 2.05) is 0 Å². The average Bonchev–Trinajstić information content (AvgIpc) is 1.87. The number of hydrogen-bond donors (Lipinski definition) is 1. The fourth-order valence-electron chi connectivity index (χ4n) is 0.495. The van der Waals surface area contributed by atoms with E-state index in [-0.39, 0.29) is 5.78 Å². The number of ketones is 1. The Morgan fingerprint density at radius 2 is 2.09 bits per heavy atom. The summed E-state index contributed by atoms with van der Waals surface area (Å²) in [6, 6.07) is -0.411. The molecular formula is C6H14NO3P. The lowest BCUT2D eigenvalue weighted by molar-refractivity contribution is -0.118. The number of hydrogen-bond acceptors (Lipinski definition) is 3. The van der Waals surface area contributed by atoms with E-state index in [2.05, 4.69) is 9.61 Å². The molecular weight excluding hydrogens is 165 g/mol. The summed E-state index contributed by atoms with van der Waals surface area (Å²) in [5, 5.41) is 2.59. The van der Waals surface area contributed by atoms with Crippen molar-refractivity contribution in [3.05, 3.63) is 0 Å². The molecule has 1 N–H and O–H groups in total. The van der Waals surface area contributed by atoms with Crippen molar-refractivity contribution in [1.82, 2.24) is 5.09 Å². The summed E-state index contributed by atoms with van der Waals surface area (Å²) in [5.41, 5.74) is 0. The van der Waals surface area contributed by atoms with E-state index in [1.165, 1.54) is 20.7 Å². The molecule has 0 rings (SSSR count). The van der Waals surface area contributed by atoms with Crippen molar-refractivity contribution in [2.24, 2.45) is 0 Å². The van der Waals surface area contributed by atoms with Crippen LogP contribution in [0.25, 0.3) is 0 Å². The van der Waals surface area contributed by atoms with Crippen molar-refractivity contribution in [2.45, 2.75) is 19.9 Å². The summed E-state index contributed by atoms with van der Waals surface area (Å²) >= 11 is 0. The van der Waals surface area contributed by atoms with Gasteiger partial charge in [0.2, 0.25) is 0 Å². The lowest BCUT2D eigenvalue weighted by Gasteiger charge is -2.16. The molecule has 5 heteroatoms. The topological polar surface area (TPSA) is 55.4 Å². The third kappa shape index (κ3) is 4.30. The van der Waals surface area contributed by atoms with Gasteiger partial charge in [0.05, 0.1) is 6.04 Å². The summed E-state index contributed by atoms with van der Waals surface area (Å²) < 4.78 is 15.9. The van der Waals surface area contributed by atoms with Crippen LogP contribution >= 0.6 is 7.52 Å². The summed E-state index contributed by atoms with van der Waals surface area (Å²) in [6.45, 7) is 4.53. The van der Waals surface area contributed by atoms with E-state index in [1.54, 1.807) is 6.92 Å². The smallest absolute Gasteiger partial charge is 0.267 e. The highest BCUT2D eigenvalue weighted by Gasteiger charge is 2.18. The SMILES string of the molecule is COP(C)(=O)N[C@@H](C)C(C)=O. The second-order valence-electron chi connectivity index (χ2n) is 2.49. The molecule has 0 aromatic carbocycles. The Labute approximate surface area is 66.8 Å². The molecule has 0 aliphatic rings. The Hall–Kier alpha value is -0.180. The van der Waals surface area contributed by atoms with Gasteiger partial charge in [-0.1, -0.05) is 0 Å². The highest BCUT2D eigenvalue weighted by molar-refractivity contribution is 7.56. The second-order valence-corrected chi connectivity index (χ2v) is 4.80. The first-order chi connectivity index (χ1) is 4.89. The molecule has 0 aliphatic heterocycles. The van der Waals surface area contributed by atoms with Crippen LogP contribution < -0.4 is 5.09 Å². The number of Topliss-reactive ketones (excluding diaryl/α,β-unsaturated/α-hetero) is 1. The largest absolute Gasteiger partial charge is 0.321 e. The Balaban J connectivity index is 4.04. The minimum Gasteiger partial charge on any atom is -0.321 e. The Morgan fingerprint density at radius 3 is 2.36 bits per heavy atom. The normalized spacial score (nSPS) is 18.9. The van der Waals surface area contributed by atoms with Gasteiger partial charge in [0.15, 0.2) is 0 Å². The third-order valence-electron chi connectivity index (χ3n) is 1.39. The highest BCUT2D eigenvalue weighted by atomic mass is 31.2. The van der Waals surface area contributed by atoms with Crippen LogP contribution in [0.1, 0.15) is 13.8 Å². The minimum atomic E-state index is -2.75. The van der Waals surface area contributed by atoms with Crippen LogP contribution in [-0.4, -0.2) is 25.6 Å². The standard InChI is InChI=1S/C6H14NO3P/c1-5(6(2)8)7-11(4,9)10-3/h5H,1-4H3,(H,7,9)/t5-,11?/m0/s1. The zero-order valence-corrected chi connectivity index (χ0v) is 8.14. The molecule has 11 heavy (non-hydrogen) atoms. The molecule has 0 aromatic rings. The second kappa shape index (κ2) is 4.00. The maximum absolute atomic E-state index is 11.2. The summed E-state index contributed by atoms with van der Waals surface area (Å²) in [5.74, 6) is -0.0517. The first kappa shape index (κ1) is 10.8. The van der Waals surface area contributed by atoms with Gasteiger partial charge in [-0.15, -0.1) is 0 Å². The molecule has 0 saturated heterocycles. The van der Waals surface area contributed by atoms with Gasteiger partial charge in [-0.3, -0.25) is 9.36 Å². The molecule has 0 radical (unpaired) electrons. The number of nitrogens with one attached hydrogen (secondary N) is 1. The first-order valence-corrected chi connectivity index (χ1v) is 5.37. The molecule has 2 atom stereocenters. The molecule has 0 aromatic heterocycles. The van der Waals surface area contributed by atoms with Crippen LogP contribution in [0.15, 0.2) is 0 Å². The number of carbonyl (C=O) groups is 1. The van der Waals surface area contributed by atoms with Crippen LogP contribution in [-0.2, 0) is 13.9 Å². The predicted molar refractivity (Wildman–Crippen MR) is 43.8 cm³/mol. The van der Waals surface area contributed by atoms with E-state index in [4.69, 9.17) is 0 Å². The first-order valence-electron chi connectivity index (χ1n) is 3.30. The van der Waals surface area contributed by atoms with Gasteiger partial charge in [-0.25, -0.2) is 5.09 Å². The lowest BCUT2D eigenvalue weighted by atomic mass is 10.3. The van der Waals surface area contributed by atoms with E-state index in [0.29, 0.717) is 0 Å². The Morgan fingerprint density at radius 1 is 1.64 bits per heavy atom. The summed E-state index contributed by atoms with van der Waals surface area (Å²) in [6.07, 6.45) is 0. The van der Waals surface area contributed by atoms with Crippen molar-refractivity contribution in [3.8, 4) is 0 Å². The van der Waals surface area contributed by atoms with Crippen molar-refractivity contribution >= 4 is 13.3 Å². The van der Waals surface area contributed by atoms with Crippen molar-refractivity contribution in [2.75, 3.05) is 13.8 Å². The maximum Gasteiger partial charge on any atom is 0.267 e. The lowest BCUT2D eigenvalue weighted by Crippen LogP contribution is -2.29. The Kier molecular flexibility index (Phi) is 3.93. The van der Waals surface area contributed by atoms with E-state index in [0.717, 1.165) is 0 Å². The molecule has 0 heterocycles. The molecule has 0 fully saturated rings. The van der Waals surface area contributed by atoms with Gasteiger partial charge in [-0.2, -0.15) is 0 Å². The minimum absolute atomic E-state index is 0.0517. The summed E-state index contributed by atoms with van der Waals surface area (Å²) in [4.78, 5) is 10.7. The van der Waals surface area contributed by atoms with Crippen LogP contribution in [0.3, 0.4) is 0 Å². The molecule has 0 saturated carbocycles. The molecule has 0 bridgehead atoms. The van der Waals surface area contributed by atoms with E-state index in [9.17, 15) is 9.36 Å². The number of rotatable bonds is 4. The van der Waals surface area contributed by atoms with E-state index >= 15 is 0 Å². The van der Waals surface area contributed by atoms with Crippen LogP contribution in [0.5, 0.6) is 0 Å². The zero-order valence-electron chi connectivity index (χ0n) is 7.25. The van der Waals surface area contributed by atoms with Gasteiger partial charge < -0.3 is 4.52 Å². The van der Waals surface area contributed by atoms with Gasteiger partial charge in [-0.05, 0) is 13.8 Å². The van der Waals surface area contributed by atoms with Crippen molar-refractivity contribution < 1.29 is 13.9 Å². The zero-order chi connectivity index (χ0) is 9.07. The molecule has 66 valence electrons. The monoisotopic (exact) mass is 179 g/mol. The van der Waals surface area contributed by atoms with Crippen molar-refractivity contribution in [3.63, 3.8) is 0 Å². The highest BCUT2D eigenvalue weighted by Crippen LogP contribution is 2.36. The average molecular weight is 179 g/mol. The molecule has 4 nitrogen and oxygen atoms in total. The van der Waals surface area contributed by atoms with Crippen LogP contribution in [0, 0.1) is 0 Å². The van der Waals surface area contributed by atoms with Crippen molar-refractivity contribution in [1.29, 1.82) is 0 Å². The molecule has 0 spiro atoms. The van der Waals surface area contributed by atoms with Gasteiger partial charge >= 0.3 is 0 Å². The molecule has 0 aliphatic carbocycles. The van der Waals surface area contributed by atoms with Gasteiger partial charge in [0.25, 0.3) is 7.52 Å². The maximum atomic E-state index is 11.2. The van der Waals surface area contributed by atoms with Crippen LogP contribution in [0.4, 0.5) is 0 Å². The van der Waals surface area contributed by atoms with E-state index < -0.39 is 13.6 Å². The predicted octanol–water partition coefficient (Wildman–Crippen LogP) is 1.02. The van der Waals surface area contributed by atoms with Gasteiger partial charge in [0.1, 0.15) is 5.78 Å². The third-order valence-corrected chi connectivity index (χ3v) is 2.94. The molecule has 1 unspecified atom stereocenters. The number of carbonyl (C=O) groups excluding carboxylic acids is 1. The quantitative estimate of drug-likeness (QED) is 0.654.